The van der Waals surface area contributed by atoms with E-state index < -0.39 is 37.6 Å². The molecule has 2 aliphatic rings. The van der Waals surface area contributed by atoms with Gasteiger partial charge in [-0.25, -0.2) is 13.2 Å². The topological polar surface area (TPSA) is 134 Å². The SMILES string of the molecule is CS(=O)(=NC(=O)OCc1ccccc1)C1COC1.CS(=O)C1COC1.CS(N)=O. The maximum atomic E-state index is 12.0. The molecule has 1 amide bonds. The molecule has 9 nitrogen and oxygen atoms in total. The summed E-state index contributed by atoms with van der Waals surface area (Å²) in [5.41, 5.74) is 0.871. The Bertz CT molecular complexity index is 799. The van der Waals surface area contributed by atoms with Gasteiger partial charge in [0, 0.05) is 29.6 Å². The Morgan fingerprint density at radius 2 is 1.69 bits per heavy atom. The first-order valence-electron chi connectivity index (χ1n) is 8.59. The number of benzene rings is 1. The molecule has 166 valence electrons. The summed E-state index contributed by atoms with van der Waals surface area (Å²) in [6, 6.07) is 9.28. The Hall–Kier alpha value is -1.18. The number of nitrogens with two attached hydrogens (primary N) is 1. The van der Waals surface area contributed by atoms with E-state index in [0.29, 0.717) is 31.7 Å². The van der Waals surface area contributed by atoms with Crippen molar-refractivity contribution in [1.82, 2.24) is 0 Å². The van der Waals surface area contributed by atoms with Crippen molar-refractivity contribution in [2.45, 2.75) is 17.1 Å². The van der Waals surface area contributed by atoms with Crippen molar-refractivity contribution in [2.24, 2.45) is 9.50 Å². The second kappa shape index (κ2) is 13.2. The second-order valence-corrected chi connectivity index (χ2v) is 11.5. The lowest BCUT2D eigenvalue weighted by atomic mass is 10.2. The third-order valence-electron chi connectivity index (χ3n) is 3.76. The van der Waals surface area contributed by atoms with Gasteiger partial charge in [-0.1, -0.05) is 30.3 Å². The quantitative estimate of drug-likeness (QED) is 0.691. The van der Waals surface area contributed by atoms with Crippen LogP contribution in [0.15, 0.2) is 34.7 Å². The van der Waals surface area contributed by atoms with Crippen LogP contribution in [0, 0.1) is 0 Å². The second-order valence-electron chi connectivity index (χ2n) is 6.31. The molecule has 2 heterocycles. The first kappa shape index (κ1) is 25.9. The Kier molecular flexibility index (Phi) is 11.8. The summed E-state index contributed by atoms with van der Waals surface area (Å²) in [4.78, 5) is 11.5. The monoisotopic (exact) mass is 468 g/mol. The number of amides is 1. The summed E-state index contributed by atoms with van der Waals surface area (Å²) < 4.78 is 50.2. The molecule has 3 unspecified atom stereocenters. The Morgan fingerprint density at radius 3 is 2.03 bits per heavy atom. The van der Waals surface area contributed by atoms with Crippen molar-refractivity contribution in [2.75, 3.05) is 45.2 Å². The summed E-state index contributed by atoms with van der Waals surface area (Å²) in [6.45, 7) is 2.32. The zero-order valence-corrected chi connectivity index (χ0v) is 19.1. The summed E-state index contributed by atoms with van der Waals surface area (Å²) >= 11 is 0. The van der Waals surface area contributed by atoms with Gasteiger partial charge < -0.3 is 14.2 Å². The van der Waals surface area contributed by atoms with Crippen LogP contribution in [0.2, 0.25) is 0 Å². The number of hydrogen-bond donors (Lipinski definition) is 1. The standard InChI is InChI=1S/C12H15NO4S.C4H8O2S.CH5NOS/c1-18(15,11-8-16-9-11)13-12(14)17-7-10-5-3-2-4-6-10;1-7(5)4-2-6-3-4;1-4(2)3/h2-6,11H,7-9H2,1H3;4H,2-3H2,1H3;2H2,1H3. The fourth-order valence-electron chi connectivity index (χ4n) is 1.84. The van der Waals surface area contributed by atoms with E-state index in [1.807, 2.05) is 30.3 Å². The van der Waals surface area contributed by atoms with Gasteiger partial charge in [0.15, 0.2) is 0 Å². The van der Waals surface area contributed by atoms with E-state index in [9.17, 15) is 17.4 Å². The molecule has 2 fully saturated rings. The van der Waals surface area contributed by atoms with E-state index in [0.717, 1.165) is 5.56 Å². The van der Waals surface area contributed by atoms with Crippen molar-refractivity contribution in [1.29, 1.82) is 0 Å². The van der Waals surface area contributed by atoms with Crippen LogP contribution in [-0.2, 0) is 52.3 Å². The fourth-order valence-corrected chi connectivity index (χ4v) is 3.61. The molecule has 2 aliphatic heterocycles. The first-order valence-corrected chi connectivity index (χ1v) is 13.8. The highest BCUT2D eigenvalue weighted by Gasteiger charge is 2.28. The minimum absolute atomic E-state index is 0.139. The van der Waals surface area contributed by atoms with Crippen LogP contribution in [0.5, 0.6) is 0 Å². The van der Waals surface area contributed by atoms with Crippen molar-refractivity contribution in [3.8, 4) is 0 Å². The maximum Gasteiger partial charge on any atom is 0.442 e. The van der Waals surface area contributed by atoms with Crippen LogP contribution >= 0.6 is 0 Å². The molecule has 0 radical (unpaired) electrons. The van der Waals surface area contributed by atoms with Gasteiger partial charge in [-0.2, -0.15) is 0 Å². The Labute approximate surface area is 176 Å². The Balaban J connectivity index is 0.000000314. The van der Waals surface area contributed by atoms with Crippen LogP contribution in [0.1, 0.15) is 5.56 Å². The van der Waals surface area contributed by atoms with Gasteiger partial charge in [-0.3, -0.25) is 9.35 Å². The lowest BCUT2D eigenvalue weighted by Crippen LogP contribution is -2.40. The van der Waals surface area contributed by atoms with Gasteiger partial charge in [0.2, 0.25) is 0 Å². The minimum atomic E-state index is -2.55. The normalized spacial score (nSPS) is 20.0. The molecule has 3 rings (SSSR count). The number of ether oxygens (including phenoxy) is 3. The number of carbonyl (C=O) groups is 1. The predicted octanol–water partition coefficient (Wildman–Crippen LogP) is 0.822. The van der Waals surface area contributed by atoms with Crippen molar-refractivity contribution in [3.05, 3.63) is 35.9 Å². The molecule has 0 spiro atoms. The number of carbonyl (C=O) groups excluding carboxylic acids is 1. The van der Waals surface area contributed by atoms with Gasteiger partial charge in [0.25, 0.3) is 0 Å². The lowest BCUT2D eigenvalue weighted by Gasteiger charge is -2.26. The molecule has 0 saturated carbocycles. The summed E-state index contributed by atoms with van der Waals surface area (Å²) in [5, 5.41) is 4.75. The molecule has 2 saturated heterocycles. The van der Waals surface area contributed by atoms with Crippen LogP contribution < -0.4 is 5.14 Å². The maximum absolute atomic E-state index is 12.0. The number of rotatable bonds is 4. The lowest BCUT2D eigenvalue weighted by molar-refractivity contribution is 0.0430. The van der Waals surface area contributed by atoms with E-state index in [4.69, 9.17) is 14.2 Å². The highest BCUT2D eigenvalue weighted by Crippen LogP contribution is 2.14. The molecule has 1 aromatic carbocycles. The van der Waals surface area contributed by atoms with Crippen molar-refractivity contribution in [3.63, 3.8) is 0 Å². The highest BCUT2D eigenvalue weighted by atomic mass is 32.2. The van der Waals surface area contributed by atoms with Crippen LogP contribution in [0.25, 0.3) is 0 Å². The molecule has 0 aliphatic carbocycles. The summed E-state index contributed by atoms with van der Waals surface area (Å²) in [5.74, 6) is 0. The Morgan fingerprint density at radius 1 is 1.17 bits per heavy atom. The fraction of sp³-hybridized carbons (Fsp3) is 0.588. The van der Waals surface area contributed by atoms with Crippen molar-refractivity contribution >= 4 is 37.6 Å². The van der Waals surface area contributed by atoms with E-state index in [2.05, 4.69) is 9.50 Å². The predicted molar refractivity (Wildman–Crippen MR) is 115 cm³/mol. The molecule has 3 atom stereocenters. The third-order valence-corrected chi connectivity index (χ3v) is 7.00. The van der Waals surface area contributed by atoms with E-state index >= 15 is 0 Å². The van der Waals surface area contributed by atoms with Gasteiger partial charge in [-0.15, -0.1) is 4.36 Å². The van der Waals surface area contributed by atoms with Gasteiger partial charge >= 0.3 is 6.09 Å². The molecule has 1 aromatic rings. The zero-order chi connectivity index (χ0) is 21.9. The molecule has 2 N–H and O–H groups in total. The number of nitrogens with zero attached hydrogens (tertiary/aromatic N) is 1. The molecule has 0 bridgehead atoms. The van der Waals surface area contributed by atoms with Crippen LogP contribution in [-0.4, -0.2) is 74.4 Å². The molecular formula is C17H28N2O7S3. The molecule has 29 heavy (non-hydrogen) atoms. The zero-order valence-electron chi connectivity index (χ0n) is 16.7. The van der Waals surface area contributed by atoms with E-state index in [1.165, 1.54) is 12.5 Å². The van der Waals surface area contributed by atoms with Crippen molar-refractivity contribution < 1.29 is 31.6 Å². The molecule has 0 aromatic heterocycles. The van der Waals surface area contributed by atoms with Gasteiger partial charge in [0.1, 0.15) is 6.61 Å². The number of hydrogen-bond acceptors (Lipinski definition) is 7. The molecular weight excluding hydrogens is 440 g/mol. The van der Waals surface area contributed by atoms with E-state index in [-0.39, 0.29) is 11.9 Å². The summed E-state index contributed by atoms with van der Waals surface area (Å²) in [6.07, 6.45) is 3.82. The largest absolute Gasteiger partial charge is 0.443 e. The first-order chi connectivity index (χ1) is 13.6. The average Bonchev–Trinajstić information content (AvgIpc) is 2.49. The summed E-state index contributed by atoms with van der Waals surface area (Å²) in [7, 11) is -4.31. The molecule has 12 heteroatoms. The smallest absolute Gasteiger partial charge is 0.442 e. The van der Waals surface area contributed by atoms with E-state index in [1.54, 1.807) is 6.26 Å². The van der Waals surface area contributed by atoms with Crippen LogP contribution in [0.3, 0.4) is 0 Å². The van der Waals surface area contributed by atoms with Crippen LogP contribution in [0.4, 0.5) is 4.79 Å². The highest BCUT2D eigenvalue weighted by molar-refractivity contribution is 7.93. The third kappa shape index (κ3) is 11.0. The van der Waals surface area contributed by atoms with Gasteiger partial charge in [-0.05, 0) is 5.56 Å². The average molecular weight is 469 g/mol. The van der Waals surface area contributed by atoms with Gasteiger partial charge in [0.05, 0.1) is 57.6 Å². The minimum Gasteiger partial charge on any atom is -0.443 e.